The van der Waals surface area contributed by atoms with Crippen molar-refractivity contribution in [3.05, 3.63) is 42.0 Å². The molecule has 0 unspecified atom stereocenters. The van der Waals surface area contributed by atoms with Gasteiger partial charge in [0.15, 0.2) is 0 Å². The van der Waals surface area contributed by atoms with Crippen molar-refractivity contribution in [3.63, 3.8) is 0 Å². The lowest BCUT2D eigenvalue weighted by Crippen LogP contribution is -2.00. The largest absolute Gasteiger partial charge is 0.325 e. The Balaban J connectivity index is 2.29. The number of halogens is 1. The summed E-state index contributed by atoms with van der Waals surface area (Å²) in [6, 6.07) is 4.63. The Labute approximate surface area is 87.6 Å². The fourth-order valence-corrected chi connectivity index (χ4v) is 1.37. The van der Waals surface area contributed by atoms with E-state index in [-0.39, 0.29) is 5.82 Å². The van der Waals surface area contributed by atoms with Crippen LogP contribution in [0.2, 0.25) is 0 Å². The van der Waals surface area contributed by atoms with E-state index in [0.29, 0.717) is 0 Å². The third kappa shape index (κ3) is 1.98. The summed E-state index contributed by atoms with van der Waals surface area (Å²) in [5.41, 5.74) is 1.73. The van der Waals surface area contributed by atoms with Crippen LogP contribution in [0.15, 0.2) is 30.6 Å². The number of nitrogens with zero attached hydrogens (tertiary/aromatic N) is 2. The van der Waals surface area contributed by atoms with Crippen LogP contribution < -0.4 is 5.32 Å². The molecule has 0 radical (unpaired) electrons. The molecule has 15 heavy (non-hydrogen) atoms. The van der Waals surface area contributed by atoms with Crippen LogP contribution in [-0.4, -0.2) is 9.55 Å². The van der Waals surface area contributed by atoms with Gasteiger partial charge in [-0.1, -0.05) is 0 Å². The predicted molar refractivity (Wildman–Crippen MR) is 57.6 cm³/mol. The molecule has 0 atom stereocenters. The quantitative estimate of drug-likeness (QED) is 0.816. The molecule has 0 saturated carbocycles. The van der Waals surface area contributed by atoms with Crippen LogP contribution >= 0.6 is 0 Å². The van der Waals surface area contributed by atoms with E-state index in [2.05, 4.69) is 10.3 Å². The highest BCUT2D eigenvalue weighted by molar-refractivity contribution is 5.58. The highest BCUT2D eigenvalue weighted by atomic mass is 19.1. The summed E-state index contributed by atoms with van der Waals surface area (Å²) in [4.78, 5) is 4.13. The summed E-state index contributed by atoms with van der Waals surface area (Å²) in [5, 5.41) is 3.13. The van der Waals surface area contributed by atoms with E-state index in [1.165, 1.54) is 12.1 Å². The first kappa shape index (κ1) is 9.71. The van der Waals surface area contributed by atoms with Crippen LogP contribution in [-0.2, 0) is 7.05 Å². The minimum Gasteiger partial charge on any atom is -0.325 e. The summed E-state index contributed by atoms with van der Waals surface area (Å²) in [7, 11) is 1.90. The van der Waals surface area contributed by atoms with Crippen molar-refractivity contribution >= 4 is 11.6 Å². The van der Waals surface area contributed by atoms with E-state index in [1.807, 2.05) is 24.7 Å². The van der Waals surface area contributed by atoms with E-state index in [9.17, 15) is 4.39 Å². The molecule has 2 rings (SSSR count). The molecule has 0 aliphatic rings. The van der Waals surface area contributed by atoms with Gasteiger partial charge in [-0.2, -0.15) is 0 Å². The summed E-state index contributed by atoms with van der Waals surface area (Å²) in [5.74, 6) is 0.516. The van der Waals surface area contributed by atoms with Crippen molar-refractivity contribution < 1.29 is 4.39 Å². The van der Waals surface area contributed by atoms with Crippen molar-refractivity contribution in [1.82, 2.24) is 9.55 Å². The standard InChI is InChI=1S/C11H12FN3/c1-8-7-9(12)3-4-10(8)14-11-13-5-6-15(11)2/h3-7H,1-2H3,(H,13,14). The molecule has 0 aliphatic carbocycles. The topological polar surface area (TPSA) is 29.9 Å². The zero-order valence-corrected chi connectivity index (χ0v) is 8.66. The molecule has 1 heterocycles. The fourth-order valence-electron chi connectivity index (χ4n) is 1.37. The van der Waals surface area contributed by atoms with Gasteiger partial charge < -0.3 is 9.88 Å². The number of anilines is 2. The van der Waals surface area contributed by atoms with Crippen LogP contribution in [0.3, 0.4) is 0 Å². The lowest BCUT2D eigenvalue weighted by molar-refractivity contribution is 0.627. The van der Waals surface area contributed by atoms with Crippen LogP contribution in [0.25, 0.3) is 0 Å². The Hall–Kier alpha value is -1.84. The van der Waals surface area contributed by atoms with E-state index < -0.39 is 0 Å². The number of aromatic nitrogens is 2. The Bertz CT molecular complexity index is 476. The van der Waals surface area contributed by atoms with Gasteiger partial charge in [0.1, 0.15) is 5.82 Å². The summed E-state index contributed by atoms with van der Waals surface area (Å²) in [6.07, 6.45) is 3.56. The molecule has 0 amide bonds. The monoisotopic (exact) mass is 205 g/mol. The van der Waals surface area contributed by atoms with E-state index in [0.717, 1.165) is 17.2 Å². The second kappa shape index (κ2) is 3.73. The van der Waals surface area contributed by atoms with Crippen molar-refractivity contribution in [2.24, 2.45) is 7.05 Å². The maximum absolute atomic E-state index is 12.9. The Kier molecular flexibility index (Phi) is 2.41. The zero-order valence-electron chi connectivity index (χ0n) is 8.66. The SMILES string of the molecule is Cc1cc(F)ccc1Nc1nccn1C. The second-order valence-corrected chi connectivity index (χ2v) is 3.45. The molecule has 0 saturated heterocycles. The maximum atomic E-state index is 12.9. The van der Waals surface area contributed by atoms with E-state index in [1.54, 1.807) is 12.3 Å². The number of nitrogens with one attached hydrogen (secondary N) is 1. The predicted octanol–water partition coefficient (Wildman–Crippen LogP) is 2.61. The molecule has 4 heteroatoms. The lowest BCUT2D eigenvalue weighted by atomic mass is 10.2. The van der Waals surface area contributed by atoms with Gasteiger partial charge in [0, 0.05) is 25.1 Å². The lowest BCUT2D eigenvalue weighted by Gasteiger charge is -2.08. The van der Waals surface area contributed by atoms with Crippen molar-refractivity contribution in [3.8, 4) is 0 Å². The van der Waals surface area contributed by atoms with Gasteiger partial charge in [-0.15, -0.1) is 0 Å². The number of rotatable bonds is 2. The van der Waals surface area contributed by atoms with Gasteiger partial charge in [-0.3, -0.25) is 0 Å². The van der Waals surface area contributed by atoms with Crippen molar-refractivity contribution in [1.29, 1.82) is 0 Å². The molecule has 78 valence electrons. The van der Waals surface area contributed by atoms with Crippen molar-refractivity contribution in [2.75, 3.05) is 5.32 Å². The van der Waals surface area contributed by atoms with Gasteiger partial charge in [0.25, 0.3) is 0 Å². The smallest absolute Gasteiger partial charge is 0.207 e. The number of aryl methyl sites for hydroxylation is 2. The molecule has 1 aromatic carbocycles. The van der Waals surface area contributed by atoms with Gasteiger partial charge in [0.05, 0.1) is 0 Å². The average molecular weight is 205 g/mol. The molecule has 0 bridgehead atoms. The molecular weight excluding hydrogens is 193 g/mol. The van der Waals surface area contributed by atoms with Crippen LogP contribution in [0.5, 0.6) is 0 Å². The third-order valence-corrected chi connectivity index (χ3v) is 2.26. The first-order chi connectivity index (χ1) is 7.16. The molecule has 0 spiro atoms. The molecule has 1 aromatic heterocycles. The minimum atomic E-state index is -0.224. The second-order valence-electron chi connectivity index (χ2n) is 3.45. The summed E-state index contributed by atoms with van der Waals surface area (Å²) < 4.78 is 14.7. The normalized spacial score (nSPS) is 10.3. The fraction of sp³-hybridized carbons (Fsp3) is 0.182. The van der Waals surface area contributed by atoms with Crippen molar-refractivity contribution in [2.45, 2.75) is 6.92 Å². The highest BCUT2D eigenvalue weighted by Gasteiger charge is 2.03. The molecular formula is C11H12FN3. The summed E-state index contributed by atoms with van der Waals surface area (Å²) in [6.45, 7) is 1.86. The molecule has 3 nitrogen and oxygen atoms in total. The molecule has 0 aliphatic heterocycles. The Morgan fingerprint density at radius 2 is 2.20 bits per heavy atom. The summed E-state index contributed by atoms with van der Waals surface area (Å²) >= 11 is 0. The van der Waals surface area contributed by atoms with Gasteiger partial charge in [-0.25, -0.2) is 9.37 Å². The average Bonchev–Trinajstić information content (AvgIpc) is 2.57. The molecule has 1 N–H and O–H groups in total. The Morgan fingerprint density at radius 3 is 2.80 bits per heavy atom. The Morgan fingerprint density at radius 1 is 1.40 bits per heavy atom. The number of benzene rings is 1. The number of imidazole rings is 1. The van der Waals surface area contributed by atoms with Gasteiger partial charge >= 0.3 is 0 Å². The molecule has 2 aromatic rings. The number of hydrogen-bond donors (Lipinski definition) is 1. The van der Waals surface area contributed by atoms with Crippen LogP contribution in [0.1, 0.15) is 5.56 Å². The highest BCUT2D eigenvalue weighted by Crippen LogP contribution is 2.19. The van der Waals surface area contributed by atoms with E-state index in [4.69, 9.17) is 0 Å². The first-order valence-electron chi connectivity index (χ1n) is 4.67. The van der Waals surface area contributed by atoms with Gasteiger partial charge in [0.2, 0.25) is 5.95 Å². The zero-order chi connectivity index (χ0) is 10.8. The number of hydrogen-bond acceptors (Lipinski definition) is 2. The minimum absolute atomic E-state index is 0.224. The third-order valence-electron chi connectivity index (χ3n) is 2.26. The van der Waals surface area contributed by atoms with Crippen LogP contribution in [0.4, 0.5) is 16.0 Å². The maximum Gasteiger partial charge on any atom is 0.207 e. The van der Waals surface area contributed by atoms with Crippen LogP contribution in [0, 0.1) is 12.7 Å². The van der Waals surface area contributed by atoms with E-state index >= 15 is 0 Å². The van der Waals surface area contributed by atoms with Gasteiger partial charge in [-0.05, 0) is 30.7 Å². The first-order valence-corrected chi connectivity index (χ1v) is 4.67. The molecule has 0 fully saturated rings.